The summed E-state index contributed by atoms with van der Waals surface area (Å²) in [5.41, 5.74) is 6.16. The van der Waals surface area contributed by atoms with Gasteiger partial charge in [-0.1, -0.05) is 12.2 Å². The predicted octanol–water partition coefficient (Wildman–Crippen LogP) is -0.277. The summed E-state index contributed by atoms with van der Waals surface area (Å²) in [6, 6.07) is 1.59. The van der Waals surface area contributed by atoms with E-state index in [9.17, 15) is 4.79 Å². The maximum Gasteiger partial charge on any atom is 0.276 e. The Morgan fingerprint density at radius 3 is 2.83 bits per heavy atom. The molecule has 0 spiro atoms. The summed E-state index contributed by atoms with van der Waals surface area (Å²) < 4.78 is 1.23. The van der Waals surface area contributed by atoms with Crippen LogP contribution >= 0.6 is 12.2 Å². The van der Waals surface area contributed by atoms with Crippen molar-refractivity contribution < 1.29 is 0 Å². The number of rotatable bonds is 1. The van der Waals surface area contributed by atoms with E-state index in [1.54, 1.807) is 20.0 Å². The lowest BCUT2D eigenvalue weighted by Crippen LogP contribution is -2.29. The molecule has 0 radical (unpaired) electrons. The van der Waals surface area contributed by atoms with Crippen LogP contribution in [0.1, 0.15) is 11.3 Å². The zero-order valence-electron chi connectivity index (χ0n) is 6.87. The number of nitrogens with zero attached hydrogens (tertiary/aromatic N) is 2. The minimum Gasteiger partial charge on any atom is -0.389 e. The summed E-state index contributed by atoms with van der Waals surface area (Å²) in [7, 11) is 1.57. The topological polar surface area (TPSA) is 60.9 Å². The van der Waals surface area contributed by atoms with Crippen molar-refractivity contribution in [1.82, 2.24) is 9.78 Å². The molecule has 0 bridgehead atoms. The average Bonchev–Trinajstić information content (AvgIpc) is 1.96. The molecule has 0 unspecified atom stereocenters. The Bertz CT molecular complexity index is 383. The van der Waals surface area contributed by atoms with Gasteiger partial charge in [0.1, 0.15) is 4.99 Å². The van der Waals surface area contributed by atoms with E-state index in [1.807, 2.05) is 0 Å². The third kappa shape index (κ3) is 1.50. The molecule has 4 nitrogen and oxygen atoms in total. The van der Waals surface area contributed by atoms with Gasteiger partial charge in [0.25, 0.3) is 5.56 Å². The van der Waals surface area contributed by atoms with Crippen LogP contribution in [0.5, 0.6) is 0 Å². The summed E-state index contributed by atoms with van der Waals surface area (Å²) in [5.74, 6) is 0. The van der Waals surface area contributed by atoms with E-state index in [0.29, 0.717) is 5.56 Å². The first-order chi connectivity index (χ1) is 5.52. The van der Waals surface area contributed by atoms with Gasteiger partial charge in [0.05, 0.1) is 11.3 Å². The maximum absolute atomic E-state index is 11.3. The van der Waals surface area contributed by atoms with Gasteiger partial charge < -0.3 is 5.73 Å². The number of aromatic nitrogens is 2. The molecule has 0 aliphatic rings. The first-order valence-corrected chi connectivity index (χ1v) is 3.78. The van der Waals surface area contributed by atoms with Crippen LogP contribution in [0.15, 0.2) is 10.9 Å². The van der Waals surface area contributed by atoms with E-state index in [-0.39, 0.29) is 10.5 Å². The van der Waals surface area contributed by atoms with Crippen molar-refractivity contribution in [3.05, 3.63) is 27.7 Å². The summed E-state index contributed by atoms with van der Waals surface area (Å²) >= 11 is 4.71. The van der Waals surface area contributed by atoms with Crippen molar-refractivity contribution in [2.24, 2.45) is 12.8 Å². The van der Waals surface area contributed by atoms with Gasteiger partial charge in [0.2, 0.25) is 0 Å². The molecule has 0 fully saturated rings. The second-order valence-corrected chi connectivity index (χ2v) is 2.93. The average molecular weight is 183 g/mol. The summed E-state index contributed by atoms with van der Waals surface area (Å²) in [6.07, 6.45) is 0. The van der Waals surface area contributed by atoms with Crippen LogP contribution in [0.3, 0.4) is 0 Å². The molecule has 0 atom stereocenters. The molecule has 1 rings (SSSR count). The van der Waals surface area contributed by atoms with Crippen molar-refractivity contribution >= 4 is 17.2 Å². The third-order valence-electron chi connectivity index (χ3n) is 1.45. The SMILES string of the molecule is Cc1cc(C(N)=S)c(=O)n(C)n1. The molecule has 5 heteroatoms. The quantitative estimate of drug-likeness (QED) is 0.608. The minimum absolute atomic E-state index is 0.112. The van der Waals surface area contributed by atoms with Gasteiger partial charge in [-0.2, -0.15) is 5.10 Å². The molecule has 0 aliphatic heterocycles. The lowest BCUT2D eigenvalue weighted by Gasteiger charge is -2.01. The van der Waals surface area contributed by atoms with Gasteiger partial charge in [-0.05, 0) is 13.0 Å². The van der Waals surface area contributed by atoms with Gasteiger partial charge >= 0.3 is 0 Å². The van der Waals surface area contributed by atoms with Crippen molar-refractivity contribution in [2.45, 2.75) is 6.92 Å². The number of hydrogen-bond acceptors (Lipinski definition) is 3. The highest BCUT2D eigenvalue weighted by Gasteiger charge is 2.05. The lowest BCUT2D eigenvalue weighted by molar-refractivity contribution is 0.691. The molecule has 1 heterocycles. The second-order valence-electron chi connectivity index (χ2n) is 2.49. The fraction of sp³-hybridized carbons (Fsp3) is 0.286. The molecule has 0 saturated heterocycles. The van der Waals surface area contributed by atoms with Crippen LogP contribution in [0.4, 0.5) is 0 Å². The highest BCUT2D eigenvalue weighted by molar-refractivity contribution is 7.80. The van der Waals surface area contributed by atoms with Crippen LogP contribution in [-0.2, 0) is 7.05 Å². The van der Waals surface area contributed by atoms with Gasteiger partial charge in [-0.3, -0.25) is 4.79 Å². The van der Waals surface area contributed by atoms with E-state index in [2.05, 4.69) is 5.10 Å². The highest BCUT2D eigenvalue weighted by Crippen LogP contribution is 1.93. The van der Waals surface area contributed by atoms with Crippen LogP contribution in [0.2, 0.25) is 0 Å². The number of aryl methyl sites for hydroxylation is 2. The molecular formula is C7H9N3OS. The molecule has 64 valence electrons. The Kier molecular flexibility index (Phi) is 2.23. The van der Waals surface area contributed by atoms with Gasteiger partial charge in [0.15, 0.2) is 0 Å². The van der Waals surface area contributed by atoms with Crippen molar-refractivity contribution in [3.8, 4) is 0 Å². The molecule has 12 heavy (non-hydrogen) atoms. The normalized spacial score (nSPS) is 9.83. The molecule has 0 amide bonds. The summed E-state index contributed by atoms with van der Waals surface area (Å²) in [5, 5.41) is 3.91. The summed E-state index contributed by atoms with van der Waals surface area (Å²) in [4.78, 5) is 11.4. The van der Waals surface area contributed by atoms with Crippen LogP contribution in [0, 0.1) is 6.92 Å². The van der Waals surface area contributed by atoms with E-state index in [4.69, 9.17) is 18.0 Å². The van der Waals surface area contributed by atoms with Crippen molar-refractivity contribution in [3.63, 3.8) is 0 Å². The van der Waals surface area contributed by atoms with Crippen molar-refractivity contribution in [2.75, 3.05) is 0 Å². The smallest absolute Gasteiger partial charge is 0.276 e. The molecule has 1 aromatic heterocycles. The third-order valence-corrected chi connectivity index (χ3v) is 1.67. The van der Waals surface area contributed by atoms with Gasteiger partial charge in [0, 0.05) is 7.05 Å². The molecule has 1 aromatic rings. The molecule has 2 N–H and O–H groups in total. The van der Waals surface area contributed by atoms with E-state index < -0.39 is 0 Å². The second kappa shape index (κ2) is 3.02. The van der Waals surface area contributed by atoms with Gasteiger partial charge in [-0.15, -0.1) is 0 Å². The number of hydrogen-bond donors (Lipinski definition) is 1. The Labute approximate surface area is 75.0 Å². The Hall–Kier alpha value is -1.23. The Morgan fingerprint density at radius 1 is 1.75 bits per heavy atom. The minimum atomic E-state index is -0.256. The van der Waals surface area contributed by atoms with E-state index in [1.165, 1.54) is 4.68 Å². The van der Waals surface area contributed by atoms with E-state index in [0.717, 1.165) is 5.69 Å². The zero-order valence-corrected chi connectivity index (χ0v) is 7.68. The monoisotopic (exact) mass is 183 g/mol. The van der Waals surface area contributed by atoms with E-state index >= 15 is 0 Å². The number of thiocarbonyl (C=S) groups is 1. The predicted molar refractivity (Wildman–Crippen MR) is 50.1 cm³/mol. The first kappa shape index (κ1) is 8.86. The van der Waals surface area contributed by atoms with Crippen LogP contribution in [-0.4, -0.2) is 14.8 Å². The Balaban J connectivity index is 3.49. The molecule has 0 saturated carbocycles. The van der Waals surface area contributed by atoms with Gasteiger partial charge in [-0.25, -0.2) is 4.68 Å². The largest absolute Gasteiger partial charge is 0.389 e. The fourth-order valence-corrected chi connectivity index (χ4v) is 1.08. The van der Waals surface area contributed by atoms with Crippen molar-refractivity contribution in [1.29, 1.82) is 0 Å². The van der Waals surface area contributed by atoms with Crippen LogP contribution < -0.4 is 11.3 Å². The first-order valence-electron chi connectivity index (χ1n) is 3.37. The Morgan fingerprint density at radius 2 is 2.33 bits per heavy atom. The number of nitrogens with two attached hydrogens (primary N) is 1. The maximum atomic E-state index is 11.3. The molecule has 0 aliphatic carbocycles. The highest BCUT2D eigenvalue weighted by atomic mass is 32.1. The lowest BCUT2D eigenvalue weighted by atomic mass is 10.2. The molecular weight excluding hydrogens is 174 g/mol. The summed E-state index contributed by atoms with van der Waals surface area (Å²) in [6.45, 7) is 1.78. The standard InChI is InChI=1S/C7H9N3OS/c1-4-3-5(6(8)12)7(11)10(2)9-4/h3H,1-2H3,(H2,8,12). The zero-order chi connectivity index (χ0) is 9.30. The fourth-order valence-electron chi connectivity index (χ4n) is 0.932. The van der Waals surface area contributed by atoms with Crippen LogP contribution in [0.25, 0.3) is 0 Å². The molecule has 0 aromatic carbocycles.